The minimum Gasteiger partial charge on any atom is -0.465 e. The summed E-state index contributed by atoms with van der Waals surface area (Å²) in [6.45, 7) is 0.632. The van der Waals surface area contributed by atoms with Gasteiger partial charge in [0.1, 0.15) is 5.82 Å². The highest BCUT2D eigenvalue weighted by Gasteiger charge is 2.15. The van der Waals surface area contributed by atoms with Crippen molar-refractivity contribution in [2.45, 2.75) is 6.54 Å². The lowest BCUT2D eigenvalue weighted by Gasteiger charge is -2.12. The second kappa shape index (κ2) is 6.73. The molecule has 0 radical (unpaired) electrons. The number of carbonyl (C=O) groups excluding carboxylic acids is 1. The number of hydrogen-bond acceptors (Lipinski definition) is 6. The highest BCUT2D eigenvalue weighted by Crippen LogP contribution is 2.31. The molecule has 0 spiro atoms. The number of rotatable bonds is 3. The van der Waals surface area contributed by atoms with Gasteiger partial charge >= 0.3 is 5.97 Å². The summed E-state index contributed by atoms with van der Waals surface area (Å²) in [5, 5.41) is 3.65. The Bertz CT molecular complexity index is 1460. The van der Waals surface area contributed by atoms with Crippen LogP contribution in [-0.4, -0.2) is 27.6 Å². The van der Waals surface area contributed by atoms with Gasteiger partial charge in [-0.2, -0.15) is 4.98 Å². The van der Waals surface area contributed by atoms with Crippen LogP contribution in [-0.2, 0) is 11.3 Å². The zero-order valence-electron chi connectivity index (χ0n) is 16.3. The Hall–Kier alpha value is -4.13. The second-order valence-corrected chi connectivity index (χ2v) is 7.11. The van der Waals surface area contributed by atoms with Gasteiger partial charge in [0.15, 0.2) is 0 Å². The predicted molar refractivity (Wildman–Crippen MR) is 118 cm³/mol. The molecule has 0 aliphatic carbocycles. The molecule has 0 saturated carbocycles. The highest BCUT2D eigenvalue weighted by molar-refractivity contribution is 6.10. The molecular weight excluding hydrogens is 378 g/mol. The van der Waals surface area contributed by atoms with Crippen molar-refractivity contribution in [1.29, 1.82) is 0 Å². The van der Waals surface area contributed by atoms with E-state index in [-0.39, 0.29) is 11.9 Å². The number of ether oxygens (including phenoxy) is 1. The fraction of sp³-hybridized carbons (Fsp3) is 0.0870. The number of fused-ring (bicyclic) bond motifs is 4. The number of benzene rings is 3. The van der Waals surface area contributed by atoms with Crippen molar-refractivity contribution < 1.29 is 9.53 Å². The lowest BCUT2D eigenvalue weighted by molar-refractivity contribution is 0.0603. The SMILES string of the molecule is COC(=O)c1ccc(Cn2ccc3c4c(N)nc(N)nc4ccc32)c2ccccc12. The summed E-state index contributed by atoms with van der Waals surface area (Å²) in [7, 11) is 1.39. The summed E-state index contributed by atoms with van der Waals surface area (Å²) in [6.07, 6.45) is 2.02. The monoisotopic (exact) mass is 397 g/mol. The van der Waals surface area contributed by atoms with Crippen LogP contribution in [0.15, 0.2) is 60.8 Å². The van der Waals surface area contributed by atoms with Crippen molar-refractivity contribution in [2.75, 3.05) is 18.6 Å². The first-order valence-electron chi connectivity index (χ1n) is 9.46. The van der Waals surface area contributed by atoms with E-state index in [0.29, 0.717) is 17.9 Å². The predicted octanol–water partition coefficient (Wildman–Crippen LogP) is 3.74. The molecule has 5 aromatic rings. The molecule has 4 N–H and O–H groups in total. The number of esters is 1. The fourth-order valence-corrected chi connectivity index (χ4v) is 4.06. The third-order valence-electron chi connectivity index (χ3n) is 5.42. The van der Waals surface area contributed by atoms with E-state index in [1.165, 1.54) is 7.11 Å². The molecular formula is C23H19N5O2. The van der Waals surface area contributed by atoms with Crippen molar-refractivity contribution in [1.82, 2.24) is 14.5 Å². The molecule has 2 heterocycles. The lowest BCUT2D eigenvalue weighted by Crippen LogP contribution is -2.05. The number of aromatic nitrogens is 3. The largest absolute Gasteiger partial charge is 0.465 e. The number of methoxy groups -OCH3 is 1. The van der Waals surface area contributed by atoms with Gasteiger partial charge in [-0.1, -0.05) is 30.3 Å². The Labute approximate surface area is 171 Å². The van der Waals surface area contributed by atoms with Crippen molar-refractivity contribution in [3.63, 3.8) is 0 Å². The van der Waals surface area contributed by atoms with Gasteiger partial charge in [-0.05, 0) is 40.6 Å². The normalized spacial score (nSPS) is 11.4. The van der Waals surface area contributed by atoms with Gasteiger partial charge in [0.05, 0.1) is 23.6 Å². The topological polar surface area (TPSA) is 109 Å². The van der Waals surface area contributed by atoms with Crippen LogP contribution in [0, 0.1) is 0 Å². The Kier molecular flexibility index (Phi) is 4.03. The molecule has 7 heteroatoms. The molecule has 0 aliphatic heterocycles. The van der Waals surface area contributed by atoms with Crippen molar-refractivity contribution in [2.24, 2.45) is 0 Å². The summed E-state index contributed by atoms with van der Waals surface area (Å²) < 4.78 is 7.07. The van der Waals surface area contributed by atoms with Crippen LogP contribution in [0.4, 0.5) is 11.8 Å². The first kappa shape index (κ1) is 17.9. The molecule has 0 saturated heterocycles. The molecule has 0 bridgehead atoms. The van der Waals surface area contributed by atoms with Crippen molar-refractivity contribution in [3.8, 4) is 0 Å². The Morgan fingerprint density at radius 2 is 1.77 bits per heavy atom. The molecule has 0 atom stereocenters. The third-order valence-corrected chi connectivity index (χ3v) is 5.42. The van der Waals surface area contributed by atoms with Crippen LogP contribution >= 0.6 is 0 Å². The van der Waals surface area contributed by atoms with E-state index in [1.54, 1.807) is 0 Å². The minimum absolute atomic E-state index is 0.163. The molecule has 0 fully saturated rings. The van der Waals surface area contributed by atoms with Gasteiger partial charge < -0.3 is 20.8 Å². The molecule has 0 unspecified atom stereocenters. The summed E-state index contributed by atoms with van der Waals surface area (Å²) in [6, 6.07) is 17.6. The molecule has 5 rings (SSSR count). The Morgan fingerprint density at radius 1 is 0.967 bits per heavy atom. The van der Waals surface area contributed by atoms with E-state index in [1.807, 2.05) is 60.8 Å². The van der Waals surface area contributed by atoms with E-state index < -0.39 is 0 Å². The van der Waals surface area contributed by atoms with Crippen molar-refractivity contribution >= 4 is 50.3 Å². The minimum atomic E-state index is -0.342. The van der Waals surface area contributed by atoms with Crippen LogP contribution in [0.5, 0.6) is 0 Å². The van der Waals surface area contributed by atoms with Crippen LogP contribution in [0.1, 0.15) is 15.9 Å². The summed E-state index contributed by atoms with van der Waals surface area (Å²) in [4.78, 5) is 20.6. The summed E-state index contributed by atoms with van der Waals surface area (Å²) in [5.74, 6) is 0.190. The maximum absolute atomic E-state index is 12.2. The van der Waals surface area contributed by atoms with E-state index in [2.05, 4.69) is 14.5 Å². The lowest BCUT2D eigenvalue weighted by atomic mass is 9.99. The van der Waals surface area contributed by atoms with E-state index in [0.717, 1.165) is 38.1 Å². The van der Waals surface area contributed by atoms with Gasteiger partial charge in [0, 0.05) is 23.6 Å². The van der Waals surface area contributed by atoms with Crippen LogP contribution < -0.4 is 11.5 Å². The van der Waals surface area contributed by atoms with Crippen LogP contribution in [0.2, 0.25) is 0 Å². The zero-order chi connectivity index (χ0) is 20.8. The smallest absolute Gasteiger partial charge is 0.338 e. The average Bonchev–Trinajstić information content (AvgIpc) is 3.15. The average molecular weight is 397 g/mol. The number of nitrogens with two attached hydrogens (primary N) is 2. The number of nitrogens with zero attached hydrogens (tertiary/aromatic N) is 3. The third kappa shape index (κ3) is 2.71. The molecule has 30 heavy (non-hydrogen) atoms. The highest BCUT2D eigenvalue weighted by atomic mass is 16.5. The first-order chi connectivity index (χ1) is 14.6. The van der Waals surface area contributed by atoms with E-state index >= 15 is 0 Å². The van der Waals surface area contributed by atoms with E-state index in [4.69, 9.17) is 16.2 Å². The molecule has 2 aromatic heterocycles. The maximum Gasteiger partial charge on any atom is 0.338 e. The summed E-state index contributed by atoms with van der Waals surface area (Å²) >= 11 is 0. The quantitative estimate of drug-likeness (QED) is 0.449. The van der Waals surface area contributed by atoms with Gasteiger partial charge in [-0.3, -0.25) is 0 Å². The summed E-state index contributed by atoms with van der Waals surface area (Å²) in [5.41, 5.74) is 15.3. The number of carbonyl (C=O) groups is 1. The fourth-order valence-electron chi connectivity index (χ4n) is 4.06. The maximum atomic E-state index is 12.2. The second-order valence-electron chi connectivity index (χ2n) is 7.11. The molecule has 0 amide bonds. The zero-order valence-corrected chi connectivity index (χ0v) is 16.3. The molecule has 0 aliphatic rings. The van der Waals surface area contributed by atoms with Gasteiger partial charge in [0.25, 0.3) is 0 Å². The van der Waals surface area contributed by atoms with Gasteiger partial charge in [-0.25, -0.2) is 9.78 Å². The Morgan fingerprint density at radius 3 is 2.57 bits per heavy atom. The number of hydrogen-bond donors (Lipinski definition) is 2. The Balaban J connectivity index is 1.66. The van der Waals surface area contributed by atoms with Gasteiger partial charge in [-0.15, -0.1) is 0 Å². The standard InChI is InChI=1S/C23H19N5O2/c1-30-22(29)16-7-6-13(14-4-2-3-5-15(14)16)12-28-11-10-17-19(28)9-8-18-20(17)21(24)27-23(25)26-18/h2-11H,12H2,1H3,(H4,24,25,26,27). The van der Waals surface area contributed by atoms with Gasteiger partial charge in [0.2, 0.25) is 5.95 Å². The molecule has 148 valence electrons. The van der Waals surface area contributed by atoms with Crippen LogP contribution in [0.25, 0.3) is 32.6 Å². The van der Waals surface area contributed by atoms with Crippen LogP contribution in [0.3, 0.4) is 0 Å². The molecule has 7 nitrogen and oxygen atoms in total. The number of nitrogen functional groups attached to an aromatic ring is 2. The van der Waals surface area contributed by atoms with Crippen molar-refractivity contribution in [3.05, 3.63) is 71.9 Å². The number of anilines is 2. The first-order valence-corrected chi connectivity index (χ1v) is 9.46. The molecule has 3 aromatic carbocycles. The van der Waals surface area contributed by atoms with E-state index in [9.17, 15) is 4.79 Å².